The van der Waals surface area contributed by atoms with E-state index in [2.05, 4.69) is 0 Å². The lowest BCUT2D eigenvalue weighted by molar-refractivity contribution is -0.226. The molecule has 0 radical (unpaired) electrons. The third-order valence-corrected chi connectivity index (χ3v) is 5.33. The highest BCUT2D eigenvalue weighted by atomic mass is 16.7. The summed E-state index contributed by atoms with van der Waals surface area (Å²) >= 11 is 0. The van der Waals surface area contributed by atoms with Crippen molar-refractivity contribution >= 4 is 35.4 Å². The molecular formula is C21H19NO9. The van der Waals surface area contributed by atoms with Gasteiger partial charge in [0.1, 0.15) is 5.75 Å². The smallest absolute Gasteiger partial charge is 0.308 e. The van der Waals surface area contributed by atoms with Crippen LogP contribution < -0.4 is 9.64 Å². The molecule has 4 rings (SSSR count). The molecule has 3 heterocycles. The van der Waals surface area contributed by atoms with E-state index in [0.29, 0.717) is 0 Å². The second-order valence-electron chi connectivity index (χ2n) is 7.45. The van der Waals surface area contributed by atoms with Crippen molar-refractivity contribution in [1.29, 1.82) is 0 Å². The molecule has 0 spiro atoms. The van der Waals surface area contributed by atoms with Gasteiger partial charge in [0.25, 0.3) is 6.29 Å². The van der Waals surface area contributed by atoms with E-state index in [4.69, 9.17) is 18.9 Å². The molecule has 162 valence electrons. The molecule has 10 heteroatoms. The highest BCUT2D eigenvalue weighted by Gasteiger charge is 2.72. The lowest BCUT2D eigenvalue weighted by Gasteiger charge is -2.34. The second-order valence-corrected chi connectivity index (χ2v) is 7.45. The topological polar surface area (TPSA) is 126 Å². The molecule has 0 unspecified atom stereocenters. The zero-order valence-corrected chi connectivity index (χ0v) is 16.9. The first-order chi connectivity index (χ1) is 14.6. The summed E-state index contributed by atoms with van der Waals surface area (Å²) in [6.45, 7) is 3.49. The number of rotatable bonds is 5. The molecule has 2 bridgehead atoms. The van der Waals surface area contributed by atoms with Crippen LogP contribution in [0.3, 0.4) is 0 Å². The quantitative estimate of drug-likeness (QED) is 0.220. The SMILES string of the molecule is CC(=O)Oc1cccc(N2C(=O)[C@H]3[C@@H]4C=C[C@](C(OC(C)=O)OC(C)=O)(O4)[C@@H]3C2=O)c1. The average molecular weight is 429 g/mol. The number of carbonyl (C=O) groups excluding carboxylic acids is 5. The summed E-state index contributed by atoms with van der Waals surface area (Å²) in [5.74, 6) is -4.94. The van der Waals surface area contributed by atoms with Crippen molar-refractivity contribution in [2.45, 2.75) is 38.8 Å². The van der Waals surface area contributed by atoms with E-state index >= 15 is 0 Å². The number of amides is 2. The van der Waals surface area contributed by atoms with Gasteiger partial charge in [0.05, 0.1) is 23.6 Å². The van der Waals surface area contributed by atoms with Crippen molar-refractivity contribution in [2.24, 2.45) is 11.8 Å². The van der Waals surface area contributed by atoms with Crippen molar-refractivity contribution in [2.75, 3.05) is 4.90 Å². The van der Waals surface area contributed by atoms with Crippen molar-refractivity contribution in [1.82, 2.24) is 0 Å². The number of hydrogen-bond acceptors (Lipinski definition) is 9. The Morgan fingerprint density at radius 3 is 2.32 bits per heavy atom. The monoisotopic (exact) mass is 429 g/mol. The van der Waals surface area contributed by atoms with Crippen LogP contribution in [0, 0.1) is 11.8 Å². The van der Waals surface area contributed by atoms with Gasteiger partial charge in [0.15, 0.2) is 5.60 Å². The molecule has 0 N–H and O–H groups in total. The fourth-order valence-corrected chi connectivity index (χ4v) is 4.32. The molecule has 0 saturated carbocycles. The molecule has 1 aromatic carbocycles. The van der Waals surface area contributed by atoms with Gasteiger partial charge in [-0.3, -0.25) is 24.0 Å². The summed E-state index contributed by atoms with van der Waals surface area (Å²) in [6.07, 6.45) is 0.796. The first-order valence-electron chi connectivity index (χ1n) is 9.52. The molecule has 2 saturated heterocycles. The van der Waals surface area contributed by atoms with Crippen LogP contribution in [0.2, 0.25) is 0 Å². The largest absolute Gasteiger partial charge is 0.427 e. The number of nitrogens with zero attached hydrogens (tertiary/aromatic N) is 1. The van der Waals surface area contributed by atoms with Gasteiger partial charge in [0, 0.05) is 26.8 Å². The molecule has 3 aliphatic heterocycles. The molecule has 0 aliphatic carbocycles. The number of esters is 3. The molecule has 2 fully saturated rings. The number of anilines is 1. The van der Waals surface area contributed by atoms with Gasteiger partial charge < -0.3 is 18.9 Å². The van der Waals surface area contributed by atoms with Crippen LogP contribution in [0.4, 0.5) is 5.69 Å². The minimum Gasteiger partial charge on any atom is -0.427 e. The van der Waals surface area contributed by atoms with Gasteiger partial charge >= 0.3 is 17.9 Å². The van der Waals surface area contributed by atoms with Crippen LogP contribution in [0.25, 0.3) is 0 Å². The molecule has 0 aromatic heterocycles. The Morgan fingerprint density at radius 2 is 1.71 bits per heavy atom. The van der Waals surface area contributed by atoms with Crippen molar-refractivity contribution < 1.29 is 42.9 Å². The number of hydrogen-bond donors (Lipinski definition) is 0. The van der Waals surface area contributed by atoms with E-state index in [0.717, 1.165) is 18.7 Å². The van der Waals surface area contributed by atoms with Crippen LogP contribution in [-0.2, 0) is 38.2 Å². The number of imide groups is 1. The Morgan fingerprint density at radius 1 is 1.03 bits per heavy atom. The number of carbonyl (C=O) groups is 5. The lowest BCUT2D eigenvalue weighted by Crippen LogP contribution is -2.52. The highest BCUT2D eigenvalue weighted by Crippen LogP contribution is 2.54. The van der Waals surface area contributed by atoms with Gasteiger partial charge in [0.2, 0.25) is 11.8 Å². The van der Waals surface area contributed by atoms with E-state index in [1.165, 1.54) is 31.2 Å². The van der Waals surface area contributed by atoms with Crippen molar-refractivity contribution in [3.8, 4) is 5.75 Å². The van der Waals surface area contributed by atoms with Crippen LogP contribution >= 0.6 is 0 Å². The van der Waals surface area contributed by atoms with Crippen LogP contribution in [-0.4, -0.2) is 47.7 Å². The molecule has 2 amide bonds. The van der Waals surface area contributed by atoms with Crippen molar-refractivity contribution in [3.05, 3.63) is 36.4 Å². The predicted molar refractivity (Wildman–Crippen MR) is 101 cm³/mol. The fraction of sp³-hybridized carbons (Fsp3) is 0.381. The Bertz CT molecular complexity index is 1020. The highest BCUT2D eigenvalue weighted by molar-refractivity contribution is 6.23. The standard InChI is InChI=1S/C21H19NO9/c1-10(23)28-14-6-4-5-13(9-14)22-18(26)16-15-7-8-21(31-15,17(16)19(22)27)20(29-11(2)24)30-12(3)25/h4-9,15-17,20H,1-3H3/t15-,16-,17-,21-/m0/s1. The van der Waals surface area contributed by atoms with E-state index in [1.807, 2.05) is 0 Å². The van der Waals surface area contributed by atoms with Gasteiger partial charge in [-0.15, -0.1) is 0 Å². The summed E-state index contributed by atoms with van der Waals surface area (Å²) in [5.41, 5.74) is -1.41. The summed E-state index contributed by atoms with van der Waals surface area (Å²) in [6, 6.07) is 5.99. The third kappa shape index (κ3) is 3.28. The summed E-state index contributed by atoms with van der Waals surface area (Å²) in [5, 5.41) is 0. The summed E-state index contributed by atoms with van der Waals surface area (Å²) in [7, 11) is 0. The van der Waals surface area contributed by atoms with Gasteiger partial charge in [-0.2, -0.15) is 0 Å². The maximum absolute atomic E-state index is 13.4. The first-order valence-corrected chi connectivity index (χ1v) is 9.52. The molecular weight excluding hydrogens is 410 g/mol. The van der Waals surface area contributed by atoms with E-state index in [1.54, 1.807) is 12.1 Å². The fourth-order valence-electron chi connectivity index (χ4n) is 4.32. The number of ether oxygens (including phenoxy) is 4. The Kier molecular flexibility index (Phi) is 4.89. The van der Waals surface area contributed by atoms with E-state index in [9.17, 15) is 24.0 Å². The predicted octanol–water partition coefficient (Wildman–Crippen LogP) is 0.877. The van der Waals surface area contributed by atoms with Crippen LogP contribution in [0.5, 0.6) is 5.75 Å². The Balaban J connectivity index is 1.71. The summed E-state index contributed by atoms with van der Waals surface area (Å²) in [4.78, 5) is 62.1. The van der Waals surface area contributed by atoms with E-state index in [-0.39, 0.29) is 11.4 Å². The average Bonchev–Trinajstić information content (AvgIpc) is 3.31. The van der Waals surface area contributed by atoms with Crippen LogP contribution in [0.1, 0.15) is 20.8 Å². The molecule has 1 aromatic rings. The van der Waals surface area contributed by atoms with Gasteiger partial charge in [-0.1, -0.05) is 12.1 Å². The first kappa shape index (κ1) is 20.7. The maximum atomic E-state index is 13.4. The number of benzene rings is 1. The second kappa shape index (κ2) is 7.31. The zero-order chi connectivity index (χ0) is 22.5. The summed E-state index contributed by atoms with van der Waals surface area (Å²) < 4.78 is 21.3. The maximum Gasteiger partial charge on any atom is 0.308 e. The minimum absolute atomic E-state index is 0.174. The van der Waals surface area contributed by atoms with Crippen molar-refractivity contribution in [3.63, 3.8) is 0 Å². The molecule has 10 nitrogen and oxygen atoms in total. The van der Waals surface area contributed by atoms with Crippen LogP contribution in [0.15, 0.2) is 36.4 Å². The minimum atomic E-state index is -1.62. The molecule has 4 atom stereocenters. The Hall–Kier alpha value is -3.53. The number of fused-ring (bicyclic) bond motifs is 5. The van der Waals surface area contributed by atoms with Gasteiger partial charge in [-0.05, 0) is 18.2 Å². The van der Waals surface area contributed by atoms with Gasteiger partial charge in [-0.25, -0.2) is 4.90 Å². The Labute approximate surface area is 176 Å². The zero-order valence-electron chi connectivity index (χ0n) is 16.9. The molecule has 3 aliphatic rings. The van der Waals surface area contributed by atoms with E-state index < -0.39 is 59.6 Å². The third-order valence-electron chi connectivity index (χ3n) is 5.33. The normalized spacial score (nSPS) is 28.1. The lowest BCUT2D eigenvalue weighted by atomic mass is 9.76. The molecule has 31 heavy (non-hydrogen) atoms.